The van der Waals surface area contributed by atoms with E-state index in [1.165, 1.54) is 5.56 Å². The second-order valence-corrected chi connectivity index (χ2v) is 8.89. The van der Waals surface area contributed by atoms with Gasteiger partial charge in [0.1, 0.15) is 5.57 Å². The molecular weight excluding hydrogens is 482 g/mol. The quantitative estimate of drug-likeness (QED) is 0.381. The van der Waals surface area contributed by atoms with Gasteiger partial charge in [-0.2, -0.15) is 0 Å². The van der Waals surface area contributed by atoms with Crippen molar-refractivity contribution < 1.29 is 14.4 Å². The van der Waals surface area contributed by atoms with Crippen molar-refractivity contribution >= 4 is 45.5 Å². The van der Waals surface area contributed by atoms with Crippen molar-refractivity contribution in [1.82, 2.24) is 9.88 Å². The maximum absolute atomic E-state index is 13.3. The van der Waals surface area contributed by atoms with Crippen LogP contribution < -0.4 is 10.2 Å². The Morgan fingerprint density at radius 2 is 1.73 bits per heavy atom. The van der Waals surface area contributed by atoms with Crippen LogP contribution in [0.5, 0.6) is 0 Å². The van der Waals surface area contributed by atoms with E-state index in [-0.39, 0.29) is 5.57 Å². The molecule has 4 amide bonds. The molecule has 1 aromatic heterocycles. The number of aromatic nitrogens is 1. The molecule has 1 aliphatic heterocycles. The van der Waals surface area contributed by atoms with Crippen LogP contribution in [0.4, 0.5) is 10.5 Å². The topological polar surface area (TPSA) is 71.4 Å². The van der Waals surface area contributed by atoms with Crippen LogP contribution in [0.25, 0.3) is 11.8 Å². The number of imide groups is 2. The van der Waals surface area contributed by atoms with Crippen molar-refractivity contribution in [2.75, 3.05) is 4.90 Å². The Morgan fingerprint density at radius 3 is 2.42 bits per heavy atom. The number of carbonyl (C=O) groups excluding carboxylic acids is 3. The lowest BCUT2D eigenvalue weighted by Crippen LogP contribution is -2.54. The summed E-state index contributed by atoms with van der Waals surface area (Å²) in [6.07, 6.45) is 2.45. The summed E-state index contributed by atoms with van der Waals surface area (Å²) < 4.78 is 2.99. The van der Waals surface area contributed by atoms with Crippen LogP contribution in [0.15, 0.2) is 58.6 Å². The highest BCUT2D eigenvalue weighted by atomic mass is 79.9. The summed E-state index contributed by atoms with van der Waals surface area (Å²) in [7, 11) is 0. The lowest BCUT2D eigenvalue weighted by atomic mass is 10.1. The summed E-state index contributed by atoms with van der Waals surface area (Å²) in [5.41, 5.74) is 6.10. The second-order valence-electron chi connectivity index (χ2n) is 8.04. The van der Waals surface area contributed by atoms with Crippen molar-refractivity contribution in [2.45, 2.75) is 34.1 Å². The summed E-state index contributed by atoms with van der Waals surface area (Å²) in [6.45, 7) is 7.92. The Labute approximate surface area is 201 Å². The number of carbonyl (C=O) groups is 3. The Hall–Kier alpha value is -3.45. The number of anilines is 1. The Morgan fingerprint density at radius 1 is 1.00 bits per heavy atom. The van der Waals surface area contributed by atoms with Gasteiger partial charge in [-0.1, -0.05) is 41.1 Å². The van der Waals surface area contributed by atoms with Crippen LogP contribution >= 0.6 is 15.9 Å². The number of nitrogens with one attached hydrogen (secondary N) is 1. The van der Waals surface area contributed by atoms with Gasteiger partial charge in [0.15, 0.2) is 0 Å². The van der Waals surface area contributed by atoms with Gasteiger partial charge in [0, 0.05) is 21.5 Å². The fourth-order valence-electron chi connectivity index (χ4n) is 4.15. The highest BCUT2D eigenvalue weighted by molar-refractivity contribution is 9.10. The van der Waals surface area contributed by atoms with Gasteiger partial charge in [0.25, 0.3) is 11.8 Å². The van der Waals surface area contributed by atoms with Gasteiger partial charge in [-0.05, 0) is 80.3 Å². The summed E-state index contributed by atoms with van der Waals surface area (Å²) in [5, 5.41) is 2.29. The molecule has 0 spiro atoms. The summed E-state index contributed by atoms with van der Waals surface area (Å²) in [4.78, 5) is 39.4. The molecular formula is C26H24BrN3O3. The van der Waals surface area contributed by atoms with E-state index in [1.54, 1.807) is 24.3 Å². The smallest absolute Gasteiger partial charge is 0.318 e. The Kier molecular flexibility index (Phi) is 6.08. The van der Waals surface area contributed by atoms with Gasteiger partial charge >= 0.3 is 6.03 Å². The third-order valence-corrected chi connectivity index (χ3v) is 6.77. The fraction of sp³-hybridized carbons (Fsp3) is 0.192. The van der Waals surface area contributed by atoms with Gasteiger partial charge in [0.2, 0.25) is 0 Å². The molecule has 2 heterocycles. The molecule has 0 bridgehead atoms. The maximum atomic E-state index is 13.3. The minimum absolute atomic E-state index is 0.0841. The van der Waals surface area contributed by atoms with E-state index in [2.05, 4.69) is 44.9 Å². The van der Waals surface area contributed by atoms with Crippen molar-refractivity contribution in [3.63, 3.8) is 0 Å². The van der Waals surface area contributed by atoms with Crippen LogP contribution in [-0.4, -0.2) is 22.4 Å². The Balaban J connectivity index is 1.78. The third kappa shape index (κ3) is 4.04. The number of aryl methyl sites for hydroxylation is 3. The highest BCUT2D eigenvalue weighted by Gasteiger charge is 2.37. The number of hydrogen-bond donors (Lipinski definition) is 1. The normalized spacial score (nSPS) is 15.4. The largest absolute Gasteiger partial charge is 0.335 e. The lowest BCUT2D eigenvalue weighted by Gasteiger charge is -2.26. The Bertz CT molecular complexity index is 1340. The first kappa shape index (κ1) is 22.7. The van der Waals surface area contributed by atoms with Crippen LogP contribution in [0.1, 0.15) is 35.0 Å². The zero-order valence-corrected chi connectivity index (χ0v) is 20.5. The molecule has 1 saturated heterocycles. The predicted octanol–water partition coefficient (Wildman–Crippen LogP) is 5.39. The minimum atomic E-state index is -0.758. The van der Waals surface area contributed by atoms with E-state index in [9.17, 15) is 14.4 Å². The van der Waals surface area contributed by atoms with Crippen LogP contribution in [0.3, 0.4) is 0 Å². The molecule has 2 aromatic carbocycles. The zero-order chi connectivity index (χ0) is 23.9. The van der Waals surface area contributed by atoms with Crippen molar-refractivity contribution in [2.24, 2.45) is 0 Å². The molecule has 6 nitrogen and oxygen atoms in total. The first-order valence-corrected chi connectivity index (χ1v) is 11.5. The van der Waals surface area contributed by atoms with Gasteiger partial charge in [0.05, 0.1) is 5.69 Å². The van der Waals surface area contributed by atoms with Crippen LogP contribution in [0, 0.1) is 20.8 Å². The highest BCUT2D eigenvalue weighted by Crippen LogP contribution is 2.29. The SMILES string of the molecule is CCc1ccccc1-n1c(C)cc(/C=C2\C(=O)NC(=O)N(c3ccc(Br)c(C)c3)C2=O)c1C. The molecule has 4 rings (SSSR count). The fourth-order valence-corrected chi connectivity index (χ4v) is 4.39. The maximum Gasteiger partial charge on any atom is 0.335 e. The number of rotatable bonds is 4. The van der Waals surface area contributed by atoms with E-state index < -0.39 is 17.8 Å². The lowest BCUT2D eigenvalue weighted by molar-refractivity contribution is -0.122. The van der Waals surface area contributed by atoms with Gasteiger partial charge in [-0.25, -0.2) is 9.69 Å². The summed E-state index contributed by atoms with van der Waals surface area (Å²) in [5.74, 6) is -1.35. The first-order chi connectivity index (χ1) is 15.7. The number of para-hydroxylation sites is 1. The number of amides is 4. The average molecular weight is 506 g/mol. The van der Waals surface area contributed by atoms with Crippen molar-refractivity contribution in [1.29, 1.82) is 0 Å². The number of hydrogen-bond acceptors (Lipinski definition) is 3. The average Bonchev–Trinajstić information content (AvgIpc) is 3.06. The van der Waals surface area contributed by atoms with E-state index in [0.29, 0.717) is 5.69 Å². The molecule has 33 heavy (non-hydrogen) atoms. The number of halogens is 1. The van der Waals surface area contributed by atoms with Crippen LogP contribution in [-0.2, 0) is 16.0 Å². The molecule has 168 valence electrons. The molecule has 7 heteroatoms. The van der Waals surface area contributed by atoms with E-state index in [0.717, 1.165) is 44.0 Å². The summed E-state index contributed by atoms with van der Waals surface area (Å²) >= 11 is 3.42. The third-order valence-electron chi connectivity index (χ3n) is 5.88. The minimum Gasteiger partial charge on any atom is -0.318 e. The van der Waals surface area contributed by atoms with E-state index in [4.69, 9.17) is 0 Å². The van der Waals surface area contributed by atoms with Crippen molar-refractivity contribution in [3.05, 3.63) is 86.7 Å². The standard InChI is InChI=1S/C26H24BrN3O3/c1-5-18-8-6-7-9-23(18)29-16(3)13-19(17(29)4)14-21-24(31)28-26(33)30(25(21)32)20-10-11-22(27)15(2)12-20/h6-14H,5H2,1-4H3,(H,28,31,33)/b21-14+. The molecule has 0 radical (unpaired) electrons. The van der Waals surface area contributed by atoms with Gasteiger partial charge in [-0.15, -0.1) is 0 Å². The predicted molar refractivity (Wildman–Crippen MR) is 133 cm³/mol. The molecule has 1 aliphatic rings. The van der Waals surface area contributed by atoms with Crippen LogP contribution in [0.2, 0.25) is 0 Å². The van der Waals surface area contributed by atoms with Crippen molar-refractivity contribution in [3.8, 4) is 5.69 Å². The molecule has 0 atom stereocenters. The summed E-state index contributed by atoms with van der Waals surface area (Å²) in [6, 6.07) is 14.5. The van der Waals surface area contributed by atoms with E-state index in [1.807, 2.05) is 39.0 Å². The zero-order valence-electron chi connectivity index (χ0n) is 18.9. The van der Waals surface area contributed by atoms with E-state index >= 15 is 0 Å². The van der Waals surface area contributed by atoms with Gasteiger partial charge < -0.3 is 4.57 Å². The number of urea groups is 1. The number of nitrogens with zero attached hydrogens (tertiary/aromatic N) is 2. The molecule has 0 saturated carbocycles. The monoisotopic (exact) mass is 505 g/mol. The first-order valence-electron chi connectivity index (χ1n) is 10.7. The molecule has 0 aliphatic carbocycles. The molecule has 0 unspecified atom stereocenters. The number of barbiturate groups is 1. The molecule has 1 N–H and O–H groups in total. The molecule has 3 aromatic rings. The van der Waals surface area contributed by atoms with Gasteiger partial charge in [-0.3, -0.25) is 14.9 Å². The second kappa shape index (κ2) is 8.83. The molecule has 1 fully saturated rings. The number of benzene rings is 2.